The third-order valence-corrected chi connectivity index (χ3v) is 0. The topological polar surface area (TPSA) is 0 Å². The van der Waals surface area contributed by atoms with Crippen LogP contribution in [-0.4, -0.2) is 0 Å². The minimum absolute atomic E-state index is 0. The molecular formula is W33. The van der Waals surface area contributed by atoms with Gasteiger partial charge in [0.15, 0.2) is 0 Å². The molecule has 0 aromatic heterocycles. The summed E-state index contributed by atoms with van der Waals surface area (Å²) >= 11 is 0. The molecule has 0 fully saturated rings. The average Bonchev–Trinajstić information content (AvgIpc) is 0. The summed E-state index contributed by atoms with van der Waals surface area (Å²) in [5, 5.41) is 0. The normalized spacial score (nSPS) is 0. The van der Waals surface area contributed by atoms with Gasteiger partial charge in [0.25, 0.3) is 0 Å². The van der Waals surface area contributed by atoms with Crippen LogP contribution in [0.5, 0.6) is 0 Å². The van der Waals surface area contributed by atoms with Crippen molar-refractivity contribution in [1.82, 2.24) is 0 Å². The summed E-state index contributed by atoms with van der Waals surface area (Å²) in [7, 11) is 0. The second-order valence-electron chi connectivity index (χ2n) is 0. The zero-order valence-electron chi connectivity index (χ0n) is 13.5. The molecule has 0 heterocycles. The summed E-state index contributed by atoms with van der Waals surface area (Å²) in [6, 6.07) is 0. The SMILES string of the molecule is [W].[W].[W].[W].[W].[W].[W].[W].[W].[W].[W].[W].[W].[W].[W].[W].[W].[W].[W].[W].[W].[W].[W].[W].[W].[W].[W].[W].[W].[W].[W].[W].[W]. The average molecular weight is 6070 g/mol. The van der Waals surface area contributed by atoms with E-state index in [2.05, 4.69) is 0 Å². The van der Waals surface area contributed by atoms with Crippen molar-refractivity contribution in [3.8, 4) is 0 Å². The van der Waals surface area contributed by atoms with Crippen molar-refractivity contribution < 1.29 is 695 Å². The Hall–Kier alpha value is 22.7. The predicted octanol–water partition coefficient (Wildman–Crippen LogP) is -0.0825. The maximum absolute atomic E-state index is 0. The molecule has 33 heteroatoms. The number of hydrogen-bond acceptors (Lipinski definition) is 0. The maximum atomic E-state index is 0. The van der Waals surface area contributed by atoms with Crippen molar-refractivity contribution in [1.29, 1.82) is 0 Å². The van der Waals surface area contributed by atoms with Crippen molar-refractivity contribution in [3.63, 3.8) is 0 Å². The van der Waals surface area contributed by atoms with E-state index in [9.17, 15) is 0 Å². The van der Waals surface area contributed by atoms with E-state index in [1.807, 2.05) is 0 Å². The fraction of sp³-hybridized carbons (Fsp3) is 0. The molecule has 0 amide bonds. The van der Waals surface area contributed by atoms with Crippen LogP contribution in [0.15, 0.2) is 0 Å². The van der Waals surface area contributed by atoms with Crippen LogP contribution >= 0.6 is 0 Å². The summed E-state index contributed by atoms with van der Waals surface area (Å²) in [4.78, 5) is 0. The van der Waals surface area contributed by atoms with Gasteiger partial charge in [-0.25, -0.2) is 0 Å². The van der Waals surface area contributed by atoms with Gasteiger partial charge >= 0.3 is 0 Å². The molecule has 0 spiro atoms. The Morgan fingerprint density at radius 1 is 0.0303 bits per heavy atom. The maximum Gasteiger partial charge on any atom is 0 e. The molecule has 33 heavy (non-hydrogen) atoms. The van der Waals surface area contributed by atoms with E-state index < -0.39 is 0 Å². The molecule has 0 bridgehead atoms. The number of hydrogen-bond donors (Lipinski definition) is 0. The molecule has 0 saturated carbocycles. The van der Waals surface area contributed by atoms with Crippen molar-refractivity contribution in [2.24, 2.45) is 0 Å². The minimum atomic E-state index is 0. The summed E-state index contributed by atoms with van der Waals surface area (Å²) in [6.07, 6.45) is 0. The second kappa shape index (κ2) is 306. The van der Waals surface area contributed by atoms with Crippen LogP contribution < -0.4 is 0 Å². The first-order valence-corrected chi connectivity index (χ1v) is 0. The van der Waals surface area contributed by atoms with Crippen molar-refractivity contribution in [2.45, 2.75) is 0 Å². The van der Waals surface area contributed by atoms with Gasteiger partial charge in [-0.2, -0.15) is 0 Å². The van der Waals surface area contributed by atoms with Crippen LogP contribution in [0, 0.1) is 0 Å². The molecule has 0 aliphatic carbocycles. The van der Waals surface area contributed by atoms with Crippen molar-refractivity contribution >= 4 is 0 Å². The van der Waals surface area contributed by atoms with Crippen LogP contribution in [0.2, 0.25) is 0 Å². The van der Waals surface area contributed by atoms with E-state index in [0.717, 1.165) is 0 Å². The van der Waals surface area contributed by atoms with E-state index in [1.165, 1.54) is 0 Å². The second-order valence-corrected chi connectivity index (χ2v) is 0. The van der Waals surface area contributed by atoms with E-state index in [1.54, 1.807) is 0 Å². The molecule has 0 aromatic carbocycles. The fourth-order valence-electron chi connectivity index (χ4n) is 0. The van der Waals surface area contributed by atoms with Gasteiger partial charge in [-0.15, -0.1) is 0 Å². The smallest absolute Gasteiger partial charge is 0 e. The Kier molecular flexibility index (Phi) is 3000. The summed E-state index contributed by atoms with van der Waals surface area (Å²) < 4.78 is 0. The first-order valence-electron chi connectivity index (χ1n) is 0. The van der Waals surface area contributed by atoms with E-state index in [0.29, 0.717) is 0 Å². The standard InChI is InChI=1S/33W. The quantitative estimate of drug-likeness (QED) is 0.319. The third kappa shape index (κ3) is 295. The molecule has 0 saturated heterocycles. The molecule has 0 unspecified atom stereocenters. The van der Waals surface area contributed by atoms with Crippen LogP contribution in [0.4, 0.5) is 0 Å². The Balaban J connectivity index is 0. The molecule has 0 aliphatic heterocycles. The predicted molar refractivity (Wildman–Crippen MR) is 0 cm³/mol. The molecule has 0 radical (unpaired) electrons. The molecular weight excluding hydrogens is 6070 g/mol. The first-order chi connectivity index (χ1) is 0. The summed E-state index contributed by atoms with van der Waals surface area (Å²) in [6.45, 7) is 0. The first kappa shape index (κ1) is 323. The Labute approximate surface area is 674 Å². The van der Waals surface area contributed by atoms with Crippen LogP contribution in [0.25, 0.3) is 0 Å². The van der Waals surface area contributed by atoms with Gasteiger partial charge in [0.05, 0.1) is 0 Å². The number of rotatable bonds is 0. The van der Waals surface area contributed by atoms with E-state index in [-0.39, 0.29) is 695 Å². The van der Waals surface area contributed by atoms with Gasteiger partial charge in [-0.3, -0.25) is 0 Å². The van der Waals surface area contributed by atoms with Gasteiger partial charge in [0.1, 0.15) is 0 Å². The van der Waals surface area contributed by atoms with Gasteiger partial charge in [0.2, 0.25) is 0 Å². The van der Waals surface area contributed by atoms with Gasteiger partial charge in [0, 0.05) is 695 Å². The molecule has 0 aromatic rings. The Bertz CT molecular complexity index is 0. The zero-order chi connectivity index (χ0) is 0. The largest absolute Gasteiger partial charge is 0 e. The van der Waals surface area contributed by atoms with Crippen molar-refractivity contribution in [3.05, 3.63) is 0 Å². The van der Waals surface area contributed by atoms with Crippen LogP contribution in [0.1, 0.15) is 0 Å². The Morgan fingerprint density at radius 3 is 0.0303 bits per heavy atom. The van der Waals surface area contributed by atoms with Crippen LogP contribution in [0.3, 0.4) is 0 Å². The molecule has 0 atom stereocenters. The monoisotopic (exact) mass is 6070 g/mol. The summed E-state index contributed by atoms with van der Waals surface area (Å²) in [5.41, 5.74) is 0. The minimum Gasteiger partial charge on any atom is 0 e. The van der Waals surface area contributed by atoms with Gasteiger partial charge in [-0.05, 0) is 0 Å². The van der Waals surface area contributed by atoms with Gasteiger partial charge in [-0.1, -0.05) is 0 Å². The van der Waals surface area contributed by atoms with E-state index >= 15 is 0 Å². The van der Waals surface area contributed by atoms with Crippen LogP contribution in [-0.2, 0) is 695 Å². The molecule has 0 N–H and O–H groups in total. The molecule has 0 nitrogen and oxygen atoms in total. The summed E-state index contributed by atoms with van der Waals surface area (Å²) in [5.74, 6) is 0. The van der Waals surface area contributed by atoms with E-state index in [4.69, 9.17) is 0 Å². The third-order valence-electron chi connectivity index (χ3n) is 0. The Morgan fingerprint density at radius 2 is 0.0303 bits per heavy atom. The van der Waals surface area contributed by atoms with Gasteiger partial charge < -0.3 is 0 Å². The van der Waals surface area contributed by atoms with Crippen molar-refractivity contribution in [2.75, 3.05) is 0 Å². The zero-order valence-corrected chi connectivity index (χ0v) is 110. The molecule has 198 valence electrons. The molecule has 0 aliphatic rings. The molecule has 0 rings (SSSR count). The fourth-order valence-corrected chi connectivity index (χ4v) is 0.